The summed E-state index contributed by atoms with van der Waals surface area (Å²) >= 11 is 13.5. The van der Waals surface area contributed by atoms with Gasteiger partial charge >= 0.3 is 0 Å². The van der Waals surface area contributed by atoms with Crippen molar-refractivity contribution in [1.82, 2.24) is 15.2 Å². The summed E-state index contributed by atoms with van der Waals surface area (Å²) in [6.07, 6.45) is 3.72. The Balaban J connectivity index is 2.14. The normalized spacial score (nSPS) is 14.4. The number of nitrogens with zero attached hydrogens (tertiary/aromatic N) is 2. The molecular weight excluding hydrogens is 315 g/mol. The van der Waals surface area contributed by atoms with E-state index in [1.165, 1.54) is 11.3 Å². The van der Waals surface area contributed by atoms with Crippen LogP contribution in [0, 0.1) is 0 Å². The minimum atomic E-state index is -0.0912. The lowest BCUT2D eigenvalue weighted by Gasteiger charge is -2.14. The van der Waals surface area contributed by atoms with Gasteiger partial charge in [-0.05, 0) is 25.5 Å². The van der Waals surface area contributed by atoms with Crippen LogP contribution in [-0.2, 0) is 6.42 Å². The monoisotopic (exact) mass is 332 g/mol. The zero-order chi connectivity index (χ0) is 14.7. The summed E-state index contributed by atoms with van der Waals surface area (Å²) in [7, 11) is 0. The molecule has 2 atom stereocenters. The van der Waals surface area contributed by atoms with Crippen LogP contribution in [0.4, 0.5) is 0 Å². The van der Waals surface area contributed by atoms with E-state index in [0.717, 1.165) is 17.7 Å². The molecule has 0 fully saturated rings. The minimum absolute atomic E-state index is 0.0912. The van der Waals surface area contributed by atoms with E-state index in [9.17, 15) is 0 Å². The average Bonchev–Trinajstić information content (AvgIpc) is 3.02. The van der Waals surface area contributed by atoms with E-state index in [1.54, 1.807) is 0 Å². The smallest absolute Gasteiger partial charge is 0.0992 e. The first-order chi connectivity index (χ1) is 9.55. The number of rotatable bonds is 6. The first kappa shape index (κ1) is 15.8. The number of hydrogen-bond donors (Lipinski definition) is 2. The van der Waals surface area contributed by atoms with Gasteiger partial charge in [-0.15, -0.1) is 11.3 Å². The first-order valence-corrected chi connectivity index (χ1v) is 8.07. The molecule has 2 unspecified atom stereocenters. The molecular formula is C13H18Cl2N4S. The van der Waals surface area contributed by atoms with Gasteiger partial charge in [0.05, 0.1) is 20.4 Å². The van der Waals surface area contributed by atoms with Crippen molar-refractivity contribution >= 4 is 34.5 Å². The highest BCUT2D eigenvalue weighted by atomic mass is 35.5. The third-order valence-electron chi connectivity index (χ3n) is 3.38. The van der Waals surface area contributed by atoms with E-state index in [2.05, 4.69) is 24.4 Å². The summed E-state index contributed by atoms with van der Waals surface area (Å²) in [5.41, 5.74) is 4.68. The largest absolute Gasteiger partial charge is 0.271 e. The Morgan fingerprint density at radius 3 is 2.80 bits per heavy atom. The molecule has 0 aliphatic carbocycles. The standard InChI is InChI=1S/C13H18Cl2N4S/c1-3-8(2)19-5-4-9(18-19)6-11(17-16)10-7-12(14)20-13(10)15/h4-5,7-8,11,17H,3,6,16H2,1-2H3. The average molecular weight is 333 g/mol. The maximum Gasteiger partial charge on any atom is 0.0992 e. The molecule has 0 aliphatic heterocycles. The SMILES string of the molecule is CCC(C)n1ccc(CC(NN)c2cc(Cl)sc2Cl)n1. The van der Waals surface area contributed by atoms with Gasteiger partial charge in [-0.25, -0.2) is 0 Å². The van der Waals surface area contributed by atoms with Crippen LogP contribution in [0.25, 0.3) is 0 Å². The Labute approximate surface area is 132 Å². The van der Waals surface area contributed by atoms with Crippen molar-refractivity contribution in [3.63, 3.8) is 0 Å². The number of aromatic nitrogens is 2. The van der Waals surface area contributed by atoms with E-state index in [1.807, 2.05) is 23.0 Å². The molecule has 0 aliphatic rings. The topological polar surface area (TPSA) is 55.9 Å². The molecule has 0 amide bonds. The lowest BCUT2D eigenvalue weighted by Crippen LogP contribution is -2.29. The van der Waals surface area contributed by atoms with Crippen LogP contribution in [-0.4, -0.2) is 9.78 Å². The number of nitrogens with two attached hydrogens (primary N) is 1. The molecule has 2 aromatic rings. The molecule has 2 rings (SSSR count). The van der Waals surface area contributed by atoms with Crippen LogP contribution in [0.1, 0.15) is 43.6 Å². The second kappa shape index (κ2) is 6.91. The fraction of sp³-hybridized carbons (Fsp3) is 0.462. The number of hydrogen-bond acceptors (Lipinski definition) is 4. The molecule has 0 saturated heterocycles. The van der Waals surface area contributed by atoms with Crippen molar-refractivity contribution in [1.29, 1.82) is 0 Å². The summed E-state index contributed by atoms with van der Waals surface area (Å²) in [6, 6.07) is 4.17. The highest BCUT2D eigenvalue weighted by Crippen LogP contribution is 2.35. The Hall–Kier alpha value is -0.590. The highest BCUT2D eigenvalue weighted by molar-refractivity contribution is 7.20. The lowest BCUT2D eigenvalue weighted by molar-refractivity contribution is 0.467. The number of thiophene rings is 1. The summed E-state index contributed by atoms with van der Waals surface area (Å²) < 4.78 is 3.31. The van der Waals surface area contributed by atoms with Crippen molar-refractivity contribution in [2.45, 2.75) is 38.8 Å². The molecule has 0 radical (unpaired) electrons. The van der Waals surface area contributed by atoms with Crippen molar-refractivity contribution in [2.75, 3.05) is 0 Å². The molecule has 20 heavy (non-hydrogen) atoms. The number of halogens is 2. The maximum atomic E-state index is 6.18. The Kier molecular flexibility index (Phi) is 5.46. The third-order valence-corrected chi connectivity index (χ3v) is 4.90. The van der Waals surface area contributed by atoms with Crippen molar-refractivity contribution < 1.29 is 0 Å². The van der Waals surface area contributed by atoms with Gasteiger partial charge < -0.3 is 0 Å². The second-order valence-corrected chi connectivity index (χ2v) is 7.03. The molecule has 110 valence electrons. The molecule has 2 aromatic heterocycles. The van der Waals surface area contributed by atoms with Crippen molar-refractivity contribution in [2.24, 2.45) is 5.84 Å². The van der Waals surface area contributed by atoms with Crippen molar-refractivity contribution in [3.8, 4) is 0 Å². The van der Waals surface area contributed by atoms with Crippen LogP contribution < -0.4 is 11.3 Å². The molecule has 0 saturated carbocycles. The number of hydrazine groups is 1. The summed E-state index contributed by atoms with van der Waals surface area (Å²) in [6.45, 7) is 4.29. The number of nitrogens with one attached hydrogen (secondary N) is 1. The zero-order valence-electron chi connectivity index (χ0n) is 11.4. The van der Waals surface area contributed by atoms with Gasteiger partial charge in [0.2, 0.25) is 0 Å². The van der Waals surface area contributed by atoms with Gasteiger partial charge in [-0.3, -0.25) is 16.0 Å². The van der Waals surface area contributed by atoms with Crippen LogP contribution in [0.5, 0.6) is 0 Å². The van der Waals surface area contributed by atoms with Gasteiger partial charge in [0.1, 0.15) is 0 Å². The van der Waals surface area contributed by atoms with Crippen LogP contribution in [0.3, 0.4) is 0 Å². The van der Waals surface area contributed by atoms with Gasteiger partial charge in [0.15, 0.2) is 0 Å². The summed E-state index contributed by atoms with van der Waals surface area (Å²) in [4.78, 5) is 0. The first-order valence-electron chi connectivity index (χ1n) is 6.50. The van der Waals surface area contributed by atoms with Crippen LogP contribution in [0.2, 0.25) is 8.67 Å². The van der Waals surface area contributed by atoms with E-state index >= 15 is 0 Å². The van der Waals surface area contributed by atoms with Crippen LogP contribution >= 0.6 is 34.5 Å². The van der Waals surface area contributed by atoms with Gasteiger partial charge in [-0.1, -0.05) is 30.1 Å². The molecule has 2 heterocycles. The lowest BCUT2D eigenvalue weighted by atomic mass is 10.1. The zero-order valence-corrected chi connectivity index (χ0v) is 13.8. The third kappa shape index (κ3) is 3.54. The summed E-state index contributed by atoms with van der Waals surface area (Å²) in [5.74, 6) is 5.64. The Morgan fingerprint density at radius 1 is 1.50 bits per heavy atom. The highest BCUT2D eigenvalue weighted by Gasteiger charge is 2.18. The van der Waals surface area contributed by atoms with E-state index in [4.69, 9.17) is 29.0 Å². The van der Waals surface area contributed by atoms with E-state index in [0.29, 0.717) is 21.1 Å². The summed E-state index contributed by atoms with van der Waals surface area (Å²) in [5, 5.41) is 4.58. The van der Waals surface area contributed by atoms with Crippen molar-refractivity contribution in [3.05, 3.63) is 38.3 Å². The molecule has 4 nitrogen and oxygen atoms in total. The fourth-order valence-corrected chi connectivity index (χ4v) is 3.56. The van der Waals surface area contributed by atoms with Gasteiger partial charge in [0, 0.05) is 24.2 Å². The van der Waals surface area contributed by atoms with E-state index < -0.39 is 0 Å². The molecule has 3 N–H and O–H groups in total. The minimum Gasteiger partial charge on any atom is -0.271 e. The predicted molar refractivity (Wildman–Crippen MR) is 85.3 cm³/mol. The van der Waals surface area contributed by atoms with Crippen LogP contribution in [0.15, 0.2) is 18.3 Å². The molecule has 7 heteroatoms. The second-order valence-electron chi connectivity index (χ2n) is 4.75. The molecule has 0 bridgehead atoms. The van der Waals surface area contributed by atoms with Gasteiger partial charge in [0.25, 0.3) is 0 Å². The quantitative estimate of drug-likeness (QED) is 0.621. The molecule has 0 aromatic carbocycles. The van der Waals surface area contributed by atoms with E-state index in [-0.39, 0.29) is 6.04 Å². The van der Waals surface area contributed by atoms with Gasteiger partial charge in [-0.2, -0.15) is 5.10 Å². The Bertz CT molecular complexity index is 566. The predicted octanol–water partition coefficient (Wildman–Crippen LogP) is 3.97. The molecule has 0 spiro atoms. The fourth-order valence-electron chi connectivity index (χ4n) is 1.98. The Morgan fingerprint density at radius 2 is 2.25 bits per heavy atom. The maximum absolute atomic E-state index is 6.18.